The number of carbonyl (C=O) groups excluding carboxylic acids is 1. The molecule has 1 amide bonds. The summed E-state index contributed by atoms with van der Waals surface area (Å²) in [6.07, 6.45) is 0.352. The van der Waals surface area contributed by atoms with E-state index in [4.69, 9.17) is 10.5 Å². The number of alkyl carbamates (subject to hydrolysis) is 1. The molecule has 1 atom stereocenters. The summed E-state index contributed by atoms with van der Waals surface area (Å²) in [5.41, 5.74) is 6.35. The van der Waals surface area contributed by atoms with E-state index in [1.807, 2.05) is 37.3 Å². The first-order valence-electron chi connectivity index (χ1n) is 5.39. The van der Waals surface area contributed by atoms with Crippen molar-refractivity contribution in [1.82, 2.24) is 5.32 Å². The van der Waals surface area contributed by atoms with Crippen molar-refractivity contribution in [2.45, 2.75) is 26.0 Å². The summed E-state index contributed by atoms with van der Waals surface area (Å²) in [6, 6.07) is 9.62. The molecule has 96 valence electrons. The fourth-order valence-electron chi connectivity index (χ4n) is 1.29. The van der Waals surface area contributed by atoms with Crippen LogP contribution >= 0.6 is 12.4 Å². The first kappa shape index (κ1) is 15.7. The van der Waals surface area contributed by atoms with Crippen LogP contribution in [0, 0.1) is 0 Å². The quantitative estimate of drug-likeness (QED) is 0.850. The van der Waals surface area contributed by atoms with E-state index in [-0.39, 0.29) is 18.4 Å². The Hall–Kier alpha value is -1.26. The minimum atomic E-state index is -0.398. The second-order valence-electron chi connectivity index (χ2n) is 3.68. The van der Waals surface area contributed by atoms with E-state index < -0.39 is 6.09 Å². The monoisotopic (exact) mass is 258 g/mol. The lowest BCUT2D eigenvalue weighted by molar-refractivity contribution is 0.136. The second kappa shape index (κ2) is 8.84. The predicted octanol–water partition coefficient (Wildman–Crippen LogP) is 2.07. The molecule has 0 aliphatic heterocycles. The van der Waals surface area contributed by atoms with Gasteiger partial charge in [-0.25, -0.2) is 4.79 Å². The third-order valence-electron chi connectivity index (χ3n) is 2.18. The van der Waals surface area contributed by atoms with E-state index in [1.165, 1.54) is 0 Å². The predicted molar refractivity (Wildman–Crippen MR) is 70.1 cm³/mol. The van der Waals surface area contributed by atoms with Crippen molar-refractivity contribution >= 4 is 18.5 Å². The van der Waals surface area contributed by atoms with Gasteiger partial charge in [-0.05, 0) is 25.5 Å². The van der Waals surface area contributed by atoms with E-state index in [0.717, 1.165) is 12.0 Å². The standard InChI is InChI=1S/C12H18N2O2.ClH/c1-10(7-8-13)14-12(15)16-9-11-5-3-2-4-6-11;/h2-6,10H,7-9,13H2,1H3,(H,14,15);1H/t10-;/m0./s1. The van der Waals surface area contributed by atoms with Crippen LogP contribution in [0.5, 0.6) is 0 Å². The van der Waals surface area contributed by atoms with Crippen LogP contribution < -0.4 is 11.1 Å². The molecule has 0 fully saturated rings. The van der Waals surface area contributed by atoms with Gasteiger partial charge in [-0.2, -0.15) is 0 Å². The molecule has 3 N–H and O–H groups in total. The highest BCUT2D eigenvalue weighted by atomic mass is 35.5. The van der Waals surface area contributed by atoms with Crippen LogP contribution in [0.3, 0.4) is 0 Å². The van der Waals surface area contributed by atoms with Crippen LogP contribution in [0.4, 0.5) is 4.79 Å². The van der Waals surface area contributed by atoms with Crippen molar-refractivity contribution in [3.63, 3.8) is 0 Å². The SMILES string of the molecule is C[C@@H](CCN)NC(=O)OCc1ccccc1.Cl. The van der Waals surface area contributed by atoms with E-state index in [1.54, 1.807) is 0 Å². The van der Waals surface area contributed by atoms with Crippen molar-refractivity contribution in [1.29, 1.82) is 0 Å². The molecule has 0 saturated heterocycles. The zero-order valence-electron chi connectivity index (χ0n) is 9.89. The average molecular weight is 259 g/mol. The van der Waals surface area contributed by atoms with Crippen molar-refractivity contribution < 1.29 is 9.53 Å². The summed E-state index contributed by atoms with van der Waals surface area (Å²) in [4.78, 5) is 11.3. The van der Waals surface area contributed by atoms with Gasteiger partial charge >= 0.3 is 6.09 Å². The third kappa shape index (κ3) is 6.81. The molecule has 0 aliphatic rings. The first-order valence-corrected chi connectivity index (χ1v) is 5.39. The van der Waals surface area contributed by atoms with Gasteiger partial charge in [-0.15, -0.1) is 12.4 Å². The number of halogens is 1. The van der Waals surface area contributed by atoms with Gasteiger partial charge in [0.2, 0.25) is 0 Å². The van der Waals surface area contributed by atoms with Gasteiger partial charge in [0.25, 0.3) is 0 Å². The molecule has 0 aliphatic carbocycles. The third-order valence-corrected chi connectivity index (χ3v) is 2.18. The summed E-state index contributed by atoms with van der Waals surface area (Å²) in [7, 11) is 0. The second-order valence-corrected chi connectivity index (χ2v) is 3.68. The van der Waals surface area contributed by atoms with Crippen LogP contribution in [0.15, 0.2) is 30.3 Å². The number of hydrogen-bond donors (Lipinski definition) is 2. The summed E-state index contributed by atoms with van der Waals surface area (Å²) >= 11 is 0. The van der Waals surface area contributed by atoms with E-state index in [9.17, 15) is 4.79 Å². The Labute approximate surface area is 108 Å². The Bertz CT molecular complexity index is 320. The molecule has 0 spiro atoms. The number of benzene rings is 1. The number of ether oxygens (including phenoxy) is 1. The highest BCUT2D eigenvalue weighted by molar-refractivity contribution is 5.85. The molecule has 0 saturated carbocycles. The Kier molecular flexibility index (Phi) is 8.19. The summed E-state index contributed by atoms with van der Waals surface area (Å²) < 4.78 is 5.05. The molecule has 1 aromatic rings. The Morgan fingerprint density at radius 3 is 2.65 bits per heavy atom. The maximum Gasteiger partial charge on any atom is 0.407 e. The first-order chi connectivity index (χ1) is 7.72. The Morgan fingerprint density at radius 2 is 2.06 bits per heavy atom. The largest absolute Gasteiger partial charge is 0.445 e. The maximum atomic E-state index is 11.3. The van der Waals surface area contributed by atoms with Crippen molar-refractivity contribution in [3.05, 3.63) is 35.9 Å². The van der Waals surface area contributed by atoms with Crippen LogP contribution in [0.25, 0.3) is 0 Å². The molecular formula is C12H19ClN2O2. The lowest BCUT2D eigenvalue weighted by atomic mass is 10.2. The van der Waals surface area contributed by atoms with Gasteiger partial charge in [0.05, 0.1) is 0 Å². The molecular weight excluding hydrogens is 240 g/mol. The number of hydrogen-bond acceptors (Lipinski definition) is 3. The molecule has 1 aromatic carbocycles. The van der Waals surface area contributed by atoms with Crippen LogP contribution in [-0.2, 0) is 11.3 Å². The van der Waals surface area contributed by atoms with E-state index >= 15 is 0 Å². The highest BCUT2D eigenvalue weighted by Gasteiger charge is 2.06. The van der Waals surface area contributed by atoms with Gasteiger partial charge in [0, 0.05) is 6.04 Å². The lowest BCUT2D eigenvalue weighted by Crippen LogP contribution is -2.34. The Morgan fingerprint density at radius 1 is 1.41 bits per heavy atom. The molecule has 17 heavy (non-hydrogen) atoms. The maximum absolute atomic E-state index is 11.3. The van der Waals surface area contributed by atoms with Crippen LogP contribution in [0.2, 0.25) is 0 Å². The van der Waals surface area contributed by atoms with Crippen molar-refractivity contribution in [2.24, 2.45) is 5.73 Å². The summed E-state index contributed by atoms with van der Waals surface area (Å²) in [5.74, 6) is 0. The smallest absolute Gasteiger partial charge is 0.407 e. The molecule has 0 heterocycles. The van der Waals surface area contributed by atoms with Crippen LogP contribution in [-0.4, -0.2) is 18.7 Å². The fourth-order valence-corrected chi connectivity index (χ4v) is 1.29. The van der Waals surface area contributed by atoms with Gasteiger partial charge in [-0.1, -0.05) is 30.3 Å². The molecule has 1 rings (SSSR count). The van der Waals surface area contributed by atoms with Gasteiger partial charge < -0.3 is 15.8 Å². The summed E-state index contributed by atoms with van der Waals surface area (Å²) in [6.45, 7) is 2.75. The number of nitrogens with one attached hydrogen (secondary N) is 1. The molecule has 0 aromatic heterocycles. The van der Waals surface area contributed by atoms with Crippen molar-refractivity contribution in [2.75, 3.05) is 6.54 Å². The lowest BCUT2D eigenvalue weighted by Gasteiger charge is -2.12. The molecule has 0 radical (unpaired) electrons. The normalized spacial score (nSPS) is 11.2. The van der Waals surface area contributed by atoms with Crippen molar-refractivity contribution in [3.8, 4) is 0 Å². The van der Waals surface area contributed by atoms with Gasteiger partial charge in [0.1, 0.15) is 6.61 Å². The van der Waals surface area contributed by atoms with Crippen LogP contribution in [0.1, 0.15) is 18.9 Å². The highest BCUT2D eigenvalue weighted by Crippen LogP contribution is 2.00. The molecule has 0 bridgehead atoms. The molecule has 4 nitrogen and oxygen atoms in total. The minimum Gasteiger partial charge on any atom is -0.445 e. The fraction of sp³-hybridized carbons (Fsp3) is 0.417. The zero-order valence-corrected chi connectivity index (χ0v) is 10.7. The van der Waals surface area contributed by atoms with E-state index in [0.29, 0.717) is 13.2 Å². The zero-order chi connectivity index (χ0) is 11.8. The van der Waals surface area contributed by atoms with Gasteiger partial charge in [-0.3, -0.25) is 0 Å². The molecule has 0 unspecified atom stereocenters. The Balaban J connectivity index is 0.00000256. The number of rotatable bonds is 5. The topological polar surface area (TPSA) is 64.3 Å². The minimum absolute atomic E-state index is 0. The number of amides is 1. The van der Waals surface area contributed by atoms with E-state index in [2.05, 4.69) is 5.32 Å². The average Bonchev–Trinajstić information content (AvgIpc) is 2.28. The summed E-state index contributed by atoms with van der Waals surface area (Å²) in [5, 5.41) is 2.71. The van der Waals surface area contributed by atoms with Gasteiger partial charge in [0.15, 0.2) is 0 Å². The number of nitrogens with two attached hydrogens (primary N) is 1. The number of carbonyl (C=O) groups is 1. The molecule has 5 heteroatoms.